The summed E-state index contributed by atoms with van der Waals surface area (Å²) in [4.78, 5) is 25.7. The Bertz CT molecular complexity index is 769. The molecule has 3 rings (SSSR count). The minimum Gasteiger partial charge on any atom is -0.497 e. The van der Waals surface area contributed by atoms with Crippen molar-refractivity contribution in [2.45, 2.75) is 18.9 Å². The molecule has 0 aliphatic carbocycles. The van der Waals surface area contributed by atoms with Gasteiger partial charge in [0.15, 0.2) is 0 Å². The summed E-state index contributed by atoms with van der Waals surface area (Å²) in [6.45, 7) is 0.467. The smallest absolute Gasteiger partial charge is 0.309 e. The zero-order valence-electron chi connectivity index (χ0n) is 14.3. The molecule has 0 saturated carbocycles. The van der Waals surface area contributed by atoms with Gasteiger partial charge in [-0.3, -0.25) is 14.3 Å². The highest BCUT2D eigenvalue weighted by Gasteiger charge is 2.44. The van der Waals surface area contributed by atoms with E-state index in [2.05, 4.69) is 5.10 Å². The molecule has 0 radical (unpaired) electrons. The molecule has 0 spiro atoms. The number of nitrogens with zero attached hydrogens (tertiary/aromatic N) is 3. The lowest BCUT2D eigenvalue weighted by atomic mass is 9.96. The van der Waals surface area contributed by atoms with E-state index in [1.165, 1.54) is 0 Å². The fourth-order valence-corrected chi connectivity index (χ4v) is 3.32. The Balaban J connectivity index is 1.79. The number of carbonyl (C=O) groups is 2. The molecule has 1 aliphatic rings. The summed E-state index contributed by atoms with van der Waals surface area (Å²) in [6, 6.07) is 7.18. The van der Waals surface area contributed by atoms with Crippen molar-refractivity contribution in [2.24, 2.45) is 13.0 Å². The van der Waals surface area contributed by atoms with E-state index in [-0.39, 0.29) is 12.3 Å². The largest absolute Gasteiger partial charge is 0.497 e. The number of aromatic nitrogens is 2. The third-order valence-corrected chi connectivity index (χ3v) is 4.62. The number of methoxy groups -OCH3 is 1. The minimum atomic E-state index is -0.950. The number of carboxylic acids is 1. The second-order valence-electron chi connectivity index (χ2n) is 6.23. The molecule has 2 aromatic rings. The van der Waals surface area contributed by atoms with Gasteiger partial charge in [0.1, 0.15) is 5.75 Å². The molecule has 1 aliphatic heterocycles. The van der Waals surface area contributed by atoms with E-state index in [1.807, 2.05) is 24.3 Å². The molecule has 0 unspecified atom stereocenters. The predicted octanol–water partition coefficient (Wildman–Crippen LogP) is 1.65. The Kier molecular flexibility index (Phi) is 4.74. The fourth-order valence-electron chi connectivity index (χ4n) is 3.32. The van der Waals surface area contributed by atoms with Crippen LogP contribution in [0.2, 0.25) is 0 Å². The van der Waals surface area contributed by atoms with E-state index in [0.29, 0.717) is 13.0 Å². The Labute approximate surface area is 145 Å². The van der Waals surface area contributed by atoms with Gasteiger partial charge in [0, 0.05) is 31.8 Å². The zero-order valence-corrected chi connectivity index (χ0v) is 14.3. The number of hydrogen-bond donors (Lipinski definition) is 1. The SMILES string of the molecule is COc1ccc(CCN2C(=O)C[C@@H](C(=O)O)[C@H]2c2cnn(C)c2)cc1. The van der Waals surface area contributed by atoms with Crippen molar-refractivity contribution in [2.75, 3.05) is 13.7 Å². The van der Waals surface area contributed by atoms with Crippen molar-refractivity contribution >= 4 is 11.9 Å². The first-order valence-electron chi connectivity index (χ1n) is 8.13. The van der Waals surface area contributed by atoms with Gasteiger partial charge in [0.05, 0.1) is 25.3 Å². The summed E-state index contributed by atoms with van der Waals surface area (Å²) in [5.41, 5.74) is 1.83. The number of amides is 1. The van der Waals surface area contributed by atoms with E-state index in [0.717, 1.165) is 16.9 Å². The van der Waals surface area contributed by atoms with Gasteiger partial charge in [0.2, 0.25) is 5.91 Å². The first kappa shape index (κ1) is 17.0. The number of carboxylic acid groups (broad SMARTS) is 1. The van der Waals surface area contributed by atoms with Crippen molar-refractivity contribution in [1.82, 2.24) is 14.7 Å². The normalized spacial score (nSPS) is 20.1. The molecule has 1 aromatic carbocycles. The van der Waals surface area contributed by atoms with E-state index < -0.39 is 17.9 Å². The van der Waals surface area contributed by atoms with Crippen molar-refractivity contribution in [3.63, 3.8) is 0 Å². The highest BCUT2D eigenvalue weighted by molar-refractivity contribution is 5.87. The number of rotatable bonds is 6. The molecule has 1 amide bonds. The van der Waals surface area contributed by atoms with Crippen LogP contribution in [0.15, 0.2) is 36.7 Å². The van der Waals surface area contributed by atoms with Crippen molar-refractivity contribution in [3.8, 4) is 5.75 Å². The molecule has 7 nitrogen and oxygen atoms in total. The summed E-state index contributed by atoms with van der Waals surface area (Å²) in [5.74, 6) is -1.04. The summed E-state index contributed by atoms with van der Waals surface area (Å²) in [5, 5.41) is 13.6. The summed E-state index contributed by atoms with van der Waals surface area (Å²) < 4.78 is 6.77. The second-order valence-corrected chi connectivity index (χ2v) is 6.23. The predicted molar refractivity (Wildman–Crippen MR) is 90.1 cm³/mol. The van der Waals surface area contributed by atoms with Crippen LogP contribution < -0.4 is 4.74 Å². The minimum absolute atomic E-state index is 0.0253. The lowest BCUT2D eigenvalue weighted by molar-refractivity contribution is -0.142. The van der Waals surface area contributed by atoms with Gasteiger partial charge in [-0.25, -0.2) is 0 Å². The van der Waals surface area contributed by atoms with Crippen LogP contribution in [0.1, 0.15) is 23.6 Å². The van der Waals surface area contributed by atoms with Crippen molar-refractivity contribution in [1.29, 1.82) is 0 Å². The molecule has 1 N–H and O–H groups in total. The maximum Gasteiger partial charge on any atom is 0.309 e. The fraction of sp³-hybridized carbons (Fsp3) is 0.389. The summed E-state index contributed by atoms with van der Waals surface area (Å²) in [7, 11) is 3.39. The molecule has 2 atom stereocenters. The van der Waals surface area contributed by atoms with Crippen LogP contribution in [0.3, 0.4) is 0 Å². The standard InChI is InChI=1S/C18H21N3O4/c1-20-11-13(10-19-20)17-15(18(23)24)9-16(22)21(17)8-7-12-3-5-14(25-2)6-4-12/h3-6,10-11,15,17H,7-9H2,1-2H3,(H,23,24)/t15-,17-/m1/s1. The Hall–Kier alpha value is -2.83. The highest BCUT2D eigenvalue weighted by Crippen LogP contribution is 2.38. The van der Waals surface area contributed by atoms with E-state index in [4.69, 9.17) is 4.74 Å². The van der Waals surface area contributed by atoms with Crippen LogP contribution in [-0.4, -0.2) is 45.3 Å². The molecular formula is C18H21N3O4. The van der Waals surface area contributed by atoms with E-state index >= 15 is 0 Å². The highest BCUT2D eigenvalue weighted by atomic mass is 16.5. The van der Waals surface area contributed by atoms with Gasteiger partial charge in [-0.2, -0.15) is 5.10 Å². The average Bonchev–Trinajstić information content (AvgIpc) is 3.16. The molecule has 2 heterocycles. The van der Waals surface area contributed by atoms with Crippen LogP contribution in [0.5, 0.6) is 5.75 Å². The Morgan fingerprint density at radius 2 is 2.08 bits per heavy atom. The number of likely N-dealkylation sites (tertiary alicyclic amines) is 1. The molecule has 7 heteroatoms. The van der Waals surface area contributed by atoms with Gasteiger partial charge >= 0.3 is 5.97 Å². The number of benzene rings is 1. The third kappa shape index (κ3) is 3.50. The van der Waals surface area contributed by atoms with E-state index in [1.54, 1.807) is 36.1 Å². The second kappa shape index (κ2) is 6.96. The van der Waals surface area contributed by atoms with Gasteiger partial charge in [-0.15, -0.1) is 0 Å². The van der Waals surface area contributed by atoms with Gasteiger partial charge in [-0.05, 0) is 24.1 Å². The van der Waals surface area contributed by atoms with Crippen LogP contribution in [-0.2, 0) is 23.1 Å². The first-order chi connectivity index (χ1) is 12.0. The van der Waals surface area contributed by atoms with Crippen LogP contribution in [0, 0.1) is 5.92 Å². The molecule has 1 fully saturated rings. The zero-order chi connectivity index (χ0) is 18.0. The molecule has 1 saturated heterocycles. The van der Waals surface area contributed by atoms with Crippen LogP contribution >= 0.6 is 0 Å². The van der Waals surface area contributed by atoms with Crippen molar-refractivity contribution in [3.05, 3.63) is 47.8 Å². The maximum atomic E-state index is 12.4. The maximum absolute atomic E-state index is 12.4. The Morgan fingerprint density at radius 3 is 2.64 bits per heavy atom. The number of aliphatic carboxylic acids is 1. The van der Waals surface area contributed by atoms with Crippen LogP contribution in [0.25, 0.3) is 0 Å². The average molecular weight is 343 g/mol. The van der Waals surface area contributed by atoms with Crippen LogP contribution in [0.4, 0.5) is 0 Å². The quantitative estimate of drug-likeness (QED) is 0.862. The third-order valence-electron chi connectivity index (χ3n) is 4.62. The number of aryl methyl sites for hydroxylation is 1. The topological polar surface area (TPSA) is 84.7 Å². The molecule has 1 aromatic heterocycles. The number of carbonyl (C=O) groups excluding carboxylic acids is 1. The Morgan fingerprint density at radius 1 is 1.36 bits per heavy atom. The van der Waals surface area contributed by atoms with Gasteiger partial charge < -0.3 is 14.7 Å². The molecule has 0 bridgehead atoms. The molecular weight excluding hydrogens is 322 g/mol. The number of hydrogen-bond acceptors (Lipinski definition) is 4. The molecule has 25 heavy (non-hydrogen) atoms. The van der Waals surface area contributed by atoms with Gasteiger partial charge in [-0.1, -0.05) is 12.1 Å². The van der Waals surface area contributed by atoms with Gasteiger partial charge in [0.25, 0.3) is 0 Å². The summed E-state index contributed by atoms with van der Waals surface area (Å²) in [6.07, 6.45) is 4.09. The van der Waals surface area contributed by atoms with Crippen molar-refractivity contribution < 1.29 is 19.4 Å². The number of ether oxygens (including phenoxy) is 1. The van der Waals surface area contributed by atoms with E-state index in [9.17, 15) is 14.7 Å². The lowest BCUT2D eigenvalue weighted by Crippen LogP contribution is -2.32. The summed E-state index contributed by atoms with van der Waals surface area (Å²) >= 11 is 0. The molecule has 132 valence electrons. The monoisotopic (exact) mass is 343 g/mol. The lowest BCUT2D eigenvalue weighted by Gasteiger charge is -2.26. The first-order valence-corrected chi connectivity index (χ1v) is 8.13.